The third kappa shape index (κ3) is 7.05. The smallest absolute Gasteiger partial charge is 0.308 e. The lowest BCUT2D eigenvalue weighted by molar-refractivity contribution is -0.149. The van der Waals surface area contributed by atoms with E-state index in [0.29, 0.717) is 5.56 Å². The van der Waals surface area contributed by atoms with E-state index in [1.807, 2.05) is 24.3 Å². The number of amides is 2. The van der Waals surface area contributed by atoms with Gasteiger partial charge in [0.25, 0.3) is 11.8 Å². The summed E-state index contributed by atoms with van der Waals surface area (Å²) in [6.45, 7) is -0.259. The number of rotatable bonds is 9. The predicted molar refractivity (Wildman–Crippen MR) is 117 cm³/mol. The highest BCUT2D eigenvalue weighted by molar-refractivity contribution is 5.94. The molecular weight excluding hydrogens is 411 g/mol. The number of hydrogen-bond acceptors (Lipinski definition) is 4. The standard InChI is InChI=1S/C25H23FN2O4/c26-21-13-11-18(12-14-21)16-27-23(29)17-32-24(30)15-22(19-7-3-1-4-8-19)28-25(31)20-9-5-2-6-10-20/h1-14,22H,15-17H2,(H,27,29)(H,28,31). The van der Waals surface area contributed by atoms with Crippen molar-refractivity contribution >= 4 is 17.8 Å². The summed E-state index contributed by atoms with van der Waals surface area (Å²) in [5.74, 6) is -1.78. The fourth-order valence-electron chi connectivity index (χ4n) is 2.99. The van der Waals surface area contributed by atoms with Crippen LogP contribution in [-0.4, -0.2) is 24.4 Å². The SMILES string of the molecule is O=C(COC(=O)CC(NC(=O)c1ccccc1)c1ccccc1)NCc1ccc(F)cc1. The van der Waals surface area contributed by atoms with Crippen LogP contribution in [0.15, 0.2) is 84.9 Å². The molecule has 3 aromatic carbocycles. The minimum absolute atomic E-state index is 0.131. The summed E-state index contributed by atoms with van der Waals surface area (Å²) in [6, 6.07) is 22.9. The van der Waals surface area contributed by atoms with Crippen LogP contribution < -0.4 is 10.6 Å². The largest absolute Gasteiger partial charge is 0.456 e. The Morgan fingerprint density at radius 3 is 2.12 bits per heavy atom. The molecule has 0 heterocycles. The number of halogens is 1. The van der Waals surface area contributed by atoms with Crippen molar-refractivity contribution in [1.82, 2.24) is 10.6 Å². The maximum atomic E-state index is 12.9. The molecule has 0 aliphatic rings. The average molecular weight is 434 g/mol. The lowest BCUT2D eigenvalue weighted by Crippen LogP contribution is -2.32. The molecule has 0 aliphatic carbocycles. The number of nitrogens with one attached hydrogen (secondary N) is 2. The average Bonchev–Trinajstić information content (AvgIpc) is 2.83. The number of ether oxygens (including phenoxy) is 1. The zero-order valence-corrected chi connectivity index (χ0v) is 17.3. The van der Waals surface area contributed by atoms with Gasteiger partial charge in [0.2, 0.25) is 0 Å². The van der Waals surface area contributed by atoms with Crippen molar-refractivity contribution in [2.45, 2.75) is 19.0 Å². The second kappa shape index (κ2) is 11.4. The summed E-state index contributed by atoms with van der Waals surface area (Å²) >= 11 is 0. The van der Waals surface area contributed by atoms with Gasteiger partial charge in [-0.15, -0.1) is 0 Å². The summed E-state index contributed by atoms with van der Waals surface area (Å²) in [5.41, 5.74) is 1.94. The molecule has 3 rings (SSSR count). The van der Waals surface area contributed by atoms with Gasteiger partial charge in [0.1, 0.15) is 5.82 Å². The Bertz CT molecular complexity index is 1040. The van der Waals surface area contributed by atoms with E-state index >= 15 is 0 Å². The van der Waals surface area contributed by atoms with Crippen LogP contribution in [0.3, 0.4) is 0 Å². The normalized spacial score (nSPS) is 11.3. The molecule has 3 aromatic rings. The first-order valence-electron chi connectivity index (χ1n) is 10.1. The lowest BCUT2D eigenvalue weighted by Gasteiger charge is -2.19. The fourth-order valence-corrected chi connectivity index (χ4v) is 2.99. The summed E-state index contributed by atoms with van der Waals surface area (Å²) in [7, 11) is 0. The van der Waals surface area contributed by atoms with Crippen LogP contribution in [0, 0.1) is 5.82 Å². The molecule has 164 valence electrons. The van der Waals surface area contributed by atoms with Gasteiger partial charge in [-0.1, -0.05) is 60.7 Å². The molecule has 0 spiro atoms. The molecule has 0 aromatic heterocycles. The van der Waals surface area contributed by atoms with Gasteiger partial charge >= 0.3 is 5.97 Å². The quantitative estimate of drug-likeness (QED) is 0.505. The number of carbonyl (C=O) groups excluding carboxylic acids is 3. The van der Waals surface area contributed by atoms with Gasteiger partial charge in [0.05, 0.1) is 12.5 Å². The van der Waals surface area contributed by atoms with E-state index in [0.717, 1.165) is 11.1 Å². The zero-order valence-electron chi connectivity index (χ0n) is 17.3. The Kier molecular flexibility index (Phi) is 8.09. The molecule has 2 N–H and O–H groups in total. The number of hydrogen-bond donors (Lipinski definition) is 2. The van der Waals surface area contributed by atoms with Crippen LogP contribution in [0.5, 0.6) is 0 Å². The van der Waals surface area contributed by atoms with Gasteiger partial charge in [0.15, 0.2) is 6.61 Å². The van der Waals surface area contributed by atoms with E-state index in [1.165, 1.54) is 12.1 Å². The van der Waals surface area contributed by atoms with Crippen LogP contribution in [0.25, 0.3) is 0 Å². The highest BCUT2D eigenvalue weighted by Crippen LogP contribution is 2.18. The van der Waals surface area contributed by atoms with Crippen molar-refractivity contribution in [2.75, 3.05) is 6.61 Å². The second-order valence-corrected chi connectivity index (χ2v) is 7.07. The Labute approximate surface area is 185 Å². The molecule has 32 heavy (non-hydrogen) atoms. The Balaban J connectivity index is 1.53. The molecule has 2 amide bonds. The van der Waals surface area contributed by atoms with Crippen molar-refractivity contribution in [1.29, 1.82) is 0 Å². The van der Waals surface area contributed by atoms with Gasteiger partial charge in [-0.05, 0) is 35.4 Å². The summed E-state index contributed by atoms with van der Waals surface area (Å²) in [5, 5.41) is 5.45. The molecule has 1 unspecified atom stereocenters. The predicted octanol–water partition coefficient (Wildman–Crippen LogP) is 3.55. The van der Waals surface area contributed by atoms with Crippen LogP contribution in [0.4, 0.5) is 4.39 Å². The van der Waals surface area contributed by atoms with E-state index in [-0.39, 0.29) is 24.7 Å². The van der Waals surface area contributed by atoms with Crippen LogP contribution in [-0.2, 0) is 20.9 Å². The van der Waals surface area contributed by atoms with E-state index in [4.69, 9.17) is 4.74 Å². The molecule has 0 saturated carbocycles. The maximum Gasteiger partial charge on any atom is 0.308 e. The second-order valence-electron chi connectivity index (χ2n) is 7.07. The molecular formula is C25H23FN2O4. The fraction of sp³-hybridized carbons (Fsp3) is 0.160. The van der Waals surface area contributed by atoms with Gasteiger partial charge in [0, 0.05) is 12.1 Å². The minimum atomic E-state index is -0.621. The Morgan fingerprint density at radius 2 is 1.47 bits per heavy atom. The molecule has 0 saturated heterocycles. The lowest BCUT2D eigenvalue weighted by atomic mass is 10.0. The van der Waals surface area contributed by atoms with E-state index in [1.54, 1.807) is 48.5 Å². The molecule has 7 heteroatoms. The molecule has 0 fully saturated rings. The van der Waals surface area contributed by atoms with Gasteiger partial charge in [-0.25, -0.2) is 4.39 Å². The number of benzene rings is 3. The van der Waals surface area contributed by atoms with Gasteiger partial charge in [-0.2, -0.15) is 0 Å². The van der Waals surface area contributed by atoms with Crippen LogP contribution in [0.1, 0.15) is 33.9 Å². The van der Waals surface area contributed by atoms with Crippen LogP contribution >= 0.6 is 0 Å². The van der Waals surface area contributed by atoms with E-state index < -0.39 is 24.5 Å². The minimum Gasteiger partial charge on any atom is -0.456 e. The maximum absolute atomic E-state index is 12.9. The number of esters is 1. The molecule has 1 atom stereocenters. The summed E-state index contributed by atoms with van der Waals surface area (Å²) in [4.78, 5) is 36.9. The van der Waals surface area contributed by atoms with Crippen molar-refractivity contribution < 1.29 is 23.5 Å². The first-order valence-corrected chi connectivity index (χ1v) is 10.1. The molecule has 0 bridgehead atoms. The summed E-state index contributed by atoms with van der Waals surface area (Å²) < 4.78 is 18.0. The van der Waals surface area contributed by atoms with Gasteiger partial charge in [-0.3, -0.25) is 14.4 Å². The third-order valence-corrected chi connectivity index (χ3v) is 4.68. The summed E-state index contributed by atoms with van der Waals surface area (Å²) in [6.07, 6.45) is -0.131. The molecule has 0 aliphatic heterocycles. The zero-order chi connectivity index (χ0) is 22.8. The Hall–Kier alpha value is -4.00. The monoisotopic (exact) mass is 434 g/mol. The molecule has 0 radical (unpaired) electrons. The van der Waals surface area contributed by atoms with Crippen molar-refractivity contribution in [3.8, 4) is 0 Å². The van der Waals surface area contributed by atoms with Crippen molar-refractivity contribution in [3.63, 3.8) is 0 Å². The number of carbonyl (C=O) groups is 3. The van der Waals surface area contributed by atoms with Gasteiger partial charge < -0.3 is 15.4 Å². The van der Waals surface area contributed by atoms with Crippen molar-refractivity contribution in [2.24, 2.45) is 0 Å². The Morgan fingerprint density at radius 1 is 0.844 bits per heavy atom. The molecule has 6 nitrogen and oxygen atoms in total. The highest BCUT2D eigenvalue weighted by Gasteiger charge is 2.20. The van der Waals surface area contributed by atoms with Crippen LogP contribution in [0.2, 0.25) is 0 Å². The first kappa shape index (κ1) is 22.7. The topological polar surface area (TPSA) is 84.5 Å². The van der Waals surface area contributed by atoms with E-state index in [2.05, 4.69) is 10.6 Å². The first-order chi connectivity index (χ1) is 15.5. The highest BCUT2D eigenvalue weighted by atomic mass is 19.1. The van der Waals surface area contributed by atoms with Crippen molar-refractivity contribution in [3.05, 3.63) is 107 Å². The third-order valence-electron chi connectivity index (χ3n) is 4.68. The van der Waals surface area contributed by atoms with E-state index in [9.17, 15) is 18.8 Å².